The van der Waals surface area contributed by atoms with Crippen LogP contribution in [0.3, 0.4) is 0 Å². The molecule has 0 aliphatic carbocycles. The summed E-state index contributed by atoms with van der Waals surface area (Å²) >= 11 is 1.64. The van der Waals surface area contributed by atoms with Gasteiger partial charge in [-0.05, 0) is 37.8 Å². The fraction of sp³-hybridized carbons (Fsp3) is 0.562. The van der Waals surface area contributed by atoms with Crippen LogP contribution in [0.25, 0.3) is 0 Å². The number of carbonyl (C=O) groups is 1. The molecule has 0 spiro atoms. The Labute approximate surface area is 141 Å². The summed E-state index contributed by atoms with van der Waals surface area (Å²) in [5, 5.41) is -0.0798. The van der Waals surface area contributed by atoms with E-state index in [9.17, 15) is 13.2 Å². The maximum absolute atomic E-state index is 12.8. The molecule has 3 rings (SSSR count). The molecule has 1 saturated heterocycles. The van der Waals surface area contributed by atoms with E-state index in [1.165, 1.54) is 22.3 Å². The molecular weight excluding hydrogens is 332 g/mol. The molecule has 5 nitrogen and oxygen atoms in total. The molecule has 126 valence electrons. The molecule has 2 aliphatic heterocycles. The van der Waals surface area contributed by atoms with Crippen LogP contribution in [0, 0.1) is 6.92 Å². The number of nitrogens with zero attached hydrogens (tertiary/aromatic N) is 1. The lowest BCUT2D eigenvalue weighted by atomic mass is 10.0. The summed E-state index contributed by atoms with van der Waals surface area (Å²) in [4.78, 5) is 15.8. The number of hydrogen-bond donors (Lipinski definition) is 1. The fourth-order valence-electron chi connectivity index (χ4n) is 3.25. The highest BCUT2D eigenvalue weighted by Crippen LogP contribution is 2.38. The van der Waals surface area contributed by atoms with Gasteiger partial charge in [-0.2, -0.15) is 0 Å². The van der Waals surface area contributed by atoms with Crippen LogP contribution in [0.2, 0.25) is 0 Å². The number of nitrogens with one attached hydrogen (secondary N) is 1. The average molecular weight is 354 g/mol. The van der Waals surface area contributed by atoms with Gasteiger partial charge in [-0.3, -0.25) is 4.79 Å². The van der Waals surface area contributed by atoms with Crippen LogP contribution in [0.5, 0.6) is 0 Å². The molecule has 1 amide bonds. The van der Waals surface area contributed by atoms with E-state index < -0.39 is 10.0 Å². The molecule has 2 atom stereocenters. The maximum atomic E-state index is 12.8. The predicted octanol–water partition coefficient (Wildman–Crippen LogP) is 1.55. The summed E-state index contributed by atoms with van der Waals surface area (Å²) in [5.41, 5.74) is 2.45. The number of thioether (sulfide) groups is 1. The van der Waals surface area contributed by atoms with Crippen molar-refractivity contribution in [2.75, 3.05) is 19.3 Å². The molecule has 1 N–H and O–H groups in total. The molecule has 0 unspecified atom stereocenters. The Bertz CT molecular complexity index is 718. The third kappa shape index (κ3) is 4.08. The highest BCUT2D eigenvalue weighted by atomic mass is 32.2. The number of amides is 1. The number of carbonyl (C=O) groups excluding carboxylic acids is 1. The molecular formula is C16H22N2O3S2. The van der Waals surface area contributed by atoms with E-state index in [0.29, 0.717) is 13.1 Å². The molecule has 0 saturated carbocycles. The number of hydrogen-bond acceptors (Lipinski definition) is 4. The minimum atomic E-state index is -3.23. The molecule has 1 aromatic rings. The summed E-state index contributed by atoms with van der Waals surface area (Å²) in [6, 6.07) is 6.16. The first-order valence-corrected chi connectivity index (χ1v) is 10.6. The third-order valence-corrected chi connectivity index (χ3v) is 6.33. The molecule has 7 heteroatoms. The van der Waals surface area contributed by atoms with Gasteiger partial charge in [0.1, 0.15) is 0 Å². The number of likely N-dealkylation sites (tertiary alicyclic amines) is 1. The second-order valence-corrected chi connectivity index (χ2v) is 9.46. The number of benzene rings is 1. The molecule has 0 radical (unpaired) electrons. The minimum Gasteiger partial charge on any atom is -0.340 e. The number of fused-ring (bicyclic) bond motifs is 1. The summed E-state index contributed by atoms with van der Waals surface area (Å²) in [5.74, 6) is 0.129. The van der Waals surface area contributed by atoms with Crippen molar-refractivity contribution >= 4 is 27.7 Å². The number of sulfonamides is 1. The molecule has 0 aromatic heterocycles. The zero-order chi connectivity index (χ0) is 16.6. The Balaban J connectivity index is 1.65. The van der Waals surface area contributed by atoms with Crippen molar-refractivity contribution in [2.24, 2.45) is 0 Å². The van der Waals surface area contributed by atoms with E-state index in [1.807, 2.05) is 4.90 Å². The normalized spacial score (nSPS) is 24.5. The Kier molecular flexibility index (Phi) is 4.71. The van der Waals surface area contributed by atoms with Gasteiger partial charge >= 0.3 is 0 Å². The molecule has 0 bridgehead atoms. The third-order valence-electron chi connectivity index (χ3n) is 4.29. The van der Waals surface area contributed by atoms with Crippen LogP contribution in [-0.4, -0.2) is 49.9 Å². The van der Waals surface area contributed by atoms with Crippen molar-refractivity contribution in [3.05, 3.63) is 29.3 Å². The van der Waals surface area contributed by atoms with Crippen molar-refractivity contribution in [2.45, 2.75) is 42.4 Å². The highest BCUT2D eigenvalue weighted by Gasteiger charge is 2.34. The summed E-state index contributed by atoms with van der Waals surface area (Å²) in [7, 11) is -3.23. The monoisotopic (exact) mass is 354 g/mol. The second kappa shape index (κ2) is 6.45. The SMILES string of the molecule is Cc1ccc2c(c1)S[C@H](C(=O)N1CCC[C@@H](NS(C)(=O)=O)C1)C2. The van der Waals surface area contributed by atoms with Gasteiger partial charge in [0.2, 0.25) is 15.9 Å². The van der Waals surface area contributed by atoms with Crippen molar-refractivity contribution in [1.82, 2.24) is 9.62 Å². The summed E-state index contributed by atoms with van der Waals surface area (Å²) < 4.78 is 25.4. The zero-order valence-corrected chi connectivity index (χ0v) is 15.0. The van der Waals surface area contributed by atoms with Crippen LogP contribution in [0.4, 0.5) is 0 Å². The van der Waals surface area contributed by atoms with Gasteiger partial charge in [0.15, 0.2) is 0 Å². The lowest BCUT2D eigenvalue weighted by Gasteiger charge is -2.34. The Morgan fingerprint density at radius 1 is 1.39 bits per heavy atom. The van der Waals surface area contributed by atoms with Crippen LogP contribution in [0.1, 0.15) is 24.0 Å². The fourth-order valence-corrected chi connectivity index (χ4v) is 5.43. The van der Waals surface area contributed by atoms with Gasteiger partial charge in [-0.25, -0.2) is 13.1 Å². The smallest absolute Gasteiger partial charge is 0.236 e. The van der Waals surface area contributed by atoms with E-state index in [0.717, 1.165) is 19.3 Å². The highest BCUT2D eigenvalue weighted by molar-refractivity contribution is 8.01. The number of piperidine rings is 1. The van der Waals surface area contributed by atoms with Crippen LogP contribution in [-0.2, 0) is 21.2 Å². The van der Waals surface area contributed by atoms with E-state index in [2.05, 4.69) is 29.8 Å². The van der Waals surface area contributed by atoms with Crippen LogP contribution >= 0.6 is 11.8 Å². The molecule has 2 aliphatic rings. The van der Waals surface area contributed by atoms with E-state index >= 15 is 0 Å². The van der Waals surface area contributed by atoms with Gasteiger partial charge in [-0.15, -0.1) is 11.8 Å². The first kappa shape index (κ1) is 16.8. The van der Waals surface area contributed by atoms with Gasteiger partial charge in [0, 0.05) is 24.0 Å². The quantitative estimate of drug-likeness (QED) is 0.894. The largest absolute Gasteiger partial charge is 0.340 e. The Hall–Kier alpha value is -1.05. The average Bonchev–Trinajstić information content (AvgIpc) is 2.88. The predicted molar refractivity (Wildman–Crippen MR) is 92.1 cm³/mol. The lowest BCUT2D eigenvalue weighted by Crippen LogP contribution is -2.51. The Morgan fingerprint density at radius 2 is 2.17 bits per heavy atom. The standard InChI is InChI=1S/C16H22N2O3S2/c1-11-5-6-12-9-15(22-14(12)8-11)16(19)18-7-3-4-13(10-18)17-23(2,20)21/h5-6,8,13,15,17H,3-4,7,9-10H2,1-2H3/t13-,15+/m1/s1. The van der Waals surface area contributed by atoms with E-state index in [-0.39, 0.29) is 17.2 Å². The topological polar surface area (TPSA) is 66.5 Å². The van der Waals surface area contributed by atoms with Crippen LogP contribution in [0.15, 0.2) is 23.1 Å². The minimum absolute atomic E-state index is 0.0798. The lowest BCUT2D eigenvalue weighted by molar-refractivity contribution is -0.131. The second-order valence-electron chi connectivity index (χ2n) is 6.44. The van der Waals surface area contributed by atoms with Crippen molar-refractivity contribution in [3.63, 3.8) is 0 Å². The van der Waals surface area contributed by atoms with Gasteiger partial charge in [0.05, 0.1) is 11.5 Å². The molecule has 23 heavy (non-hydrogen) atoms. The first-order valence-electron chi connectivity index (χ1n) is 7.84. The Morgan fingerprint density at radius 3 is 2.91 bits per heavy atom. The molecule has 1 aromatic carbocycles. The van der Waals surface area contributed by atoms with Gasteiger partial charge in [0.25, 0.3) is 0 Å². The van der Waals surface area contributed by atoms with Crippen molar-refractivity contribution in [3.8, 4) is 0 Å². The number of rotatable bonds is 3. The molecule has 2 heterocycles. The van der Waals surface area contributed by atoms with E-state index in [1.54, 1.807) is 11.8 Å². The first-order chi connectivity index (χ1) is 10.8. The maximum Gasteiger partial charge on any atom is 0.236 e. The molecule has 1 fully saturated rings. The summed E-state index contributed by atoms with van der Waals surface area (Å²) in [6.07, 6.45) is 3.55. The van der Waals surface area contributed by atoms with Crippen molar-refractivity contribution < 1.29 is 13.2 Å². The number of aryl methyl sites for hydroxylation is 1. The summed E-state index contributed by atoms with van der Waals surface area (Å²) in [6.45, 7) is 3.24. The zero-order valence-electron chi connectivity index (χ0n) is 13.4. The van der Waals surface area contributed by atoms with Crippen LogP contribution < -0.4 is 4.72 Å². The van der Waals surface area contributed by atoms with Gasteiger partial charge < -0.3 is 4.90 Å². The van der Waals surface area contributed by atoms with Gasteiger partial charge in [-0.1, -0.05) is 17.7 Å². The van der Waals surface area contributed by atoms with Crippen molar-refractivity contribution in [1.29, 1.82) is 0 Å². The van der Waals surface area contributed by atoms with E-state index in [4.69, 9.17) is 0 Å².